The van der Waals surface area contributed by atoms with Crippen LogP contribution in [0.2, 0.25) is 0 Å². The summed E-state index contributed by atoms with van der Waals surface area (Å²) >= 11 is 0. The third-order valence-corrected chi connectivity index (χ3v) is 7.88. The summed E-state index contributed by atoms with van der Waals surface area (Å²) < 4.78 is 5.73. The summed E-state index contributed by atoms with van der Waals surface area (Å²) in [6.45, 7) is -0.163. The Morgan fingerprint density at radius 3 is 2.06 bits per heavy atom. The number of benzene rings is 2. The first-order valence-electron chi connectivity index (χ1n) is 12.6. The number of hydrogen-bond donors (Lipinski definition) is 2. The van der Waals surface area contributed by atoms with Crippen molar-refractivity contribution in [3.63, 3.8) is 0 Å². The molecule has 0 unspecified atom stereocenters. The summed E-state index contributed by atoms with van der Waals surface area (Å²) in [5.41, 5.74) is 3.46. The van der Waals surface area contributed by atoms with Crippen LogP contribution < -0.4 is 5.32 Å². The molecule has 0 atom stereocenters. The van der Waals surface area contributed by atoms with Crippen LogP contribution >= 0.6 is 0 Å². The van der Waals surface area contributed by atoms with Crippen LogP contribution in [0, 0.1) is 0 Å². The third kappa shape index (κ3) is 4.51. The molecule has 2 aromatic rings. The average molecular weight is 477 g/mol. The molecule has 7 heteroatoms. The van der Waals surface area contributed by atoms with Crippen LogP contribution in [-0.4, -0.2) is 52.7 Å². The Balaban J connectivity index is 1.31. The fraction of sp³-hybridized carbons (Fsp3) is 0.464. The van der Waals surface area contributed by atoms with Gasteiger partial charge >= 0.3 is 12.1 Å². The van der Waals surface area contributed by atoms with Crippen LogP contribution in [0.5, 0.6) is 0 Å². The Morgan fingerprint density at radius 1 is 0.914 bits per heavy atom. The van der Waals surface area contributed by atoms with E-state index in [0.717, 1.165) is 60.8 Å². The van der Waals surface area contributed by atoms with Gasteiger partial charge in [-0.1, -0.05) is 74.2 Å². The topological polar surface area (TPSA) is 95.9 Å². The Kier molecular flexibility index (Phi) is 6.50. The van der Waals surface area contributed by atoms with Crippen molar-refractivity contribution in [2.24, 2.45) is 0 Å². The fourth-order valence-electron chi connectivity index (χ4n) is 6.20. The van der Waals surface area contributed by atoms with Crippen molar-refractivity contribution in [3.8, 4) is 11.1 Å². The van der Waals surface area contributed by atoms with Gasteiger partial charge in [0, 0.05) is 12.0 Å². The lowest BCUT2D eigenvalue weighted by molar-refractivity contribution is -0.149. The highest BCUT2D eigenvalue weighted by atomic mass is 16.5. The van der Waals surface area contributed by atoms with Crippen molar-refractivity contribution in [1.29, 1.82) is 0 Å². The fourth-order valence-corrected chi connectivity index (χ4v) is 6.20. The van der Waals surface area contributed by atoms with E-state index in [1.54, 1.807) is 0 Å². The zero-order chi connectivity index (χ0) is 24.4. The lowest BCUT2D eigenvalue weighted by Crippen LogP contribution is -2.60. The number of carbonyl (C=O) groups is 3. The summed E-state index contributed by atoms with van der Waals surface area (Å²) in [6, 6.07) is 16.2. The molecule has 2 saturated carbocycles. The average Bonchev–Trinajstić information content (AvgIpc) is 3.61. The number of carbonyl (C=O) groups excluding carboxylic acids is 2. The molecule has 3 aliphatic rings. The SMILES string of the molecule is O=C(O)CN(C(=O)C1(NC(=O)OCC2c3ccccc3-c3ccccc32)CCCC1)C1CCCC1. The number of rotatable bonds is 7. The van der Waals surface area contributed by atoms with Crippen molar-refractivity contribution >= 4 is 18.0 Å². The lowest BCUT2D eigenvalue weighted by atomic mass is 9.94. The maximum atomic E-state index is 13.7. The summed E-state index contributed by atoms with van der Waals surface area (Å²) in [7, 11) is 0. The normalized spacial score (nSPS) is 18.6. The van der Waals surface area contributed by atoms with Gasteiger partial charge in [-0.2, -0.15) is 0 Å². The molecule has 3 aliphatic carbocycles. The standard InChI is InChI=1S/C28H32N2O5/c31-25(32)17-30(19-9-1-2-10-19)26(33)28(15-7-8-16-28)29-27(34)35-18-24-22-13-5-3-11-20(22)21-12-4-6-14-23(21)24/h3-6,11-14,19,24H,1-2,7-10,15-18H2,(H,29,34)(H,31,32). The number of alkyl carbamates (subject to hydrolysis) is 1. The Morgan fingerprint density at radius 2 is 1.49 bits per heavy atom. The number of nitrogens with one attached hydrogen (secondary N) is 1. The summed E-state index contributed by atoms with van der Waals surface area (Å²) in [4.78, 5) is 39.8. The van der Waals surface area contributed by atoms with E-state index in [0.29, 0.717) is 12.8 Å². The van der Waals surface area contributed by atoms with Crippen LogP contribution in [0.25, 0.3) is 11.1 Å². The van der Waals surface area contributed by atoms with Gasteiger partial charge in [-0.25, -0.2) is 4.79 Å². The number of nitrogens with zero attached hydrogens (tertiary/aromatic N) is 1. The second-order valence-corrected chi connectivity index (χ2v) is 10.0. The van der Waals surface area contributed by atoms with E-state index < -0.39 is 17.6 Å². The van der Waals surface area contributed by atoms with Gasteiger partial charge in [-0.3, -0.25) is 9.59 Å². The molecule has 2 N–H and O–H groups in total. The van der Waals surface area contributed by atoms with Gasteiger partial charge in [0.05, 0.1) is 0 Å². The molecule has 2 amide bonds. The Hall–Kier alpha value is -3.35. The van der Waals surface area contributed by atoms with Gasteiger partial charge in [0.15, 0.2) is 0 Å². The number of aliphatic carboxylic acids is 1. The Labute approximate surface area is 205 Å². The van der Waals surface area contributed by atoms with Crippen molar-refractivity contribution < 1.29 is 24.2 Å². The number of amides is 2. The first-order chi connectivity index (χ1) is 17.0. The third-order valence-electron chi connectivity index (χ3n) is 7.88. The van der Waals surface area contributed by atoms with E-state index in [2.05, 4.69) is 29.6 Å². The largest absolute Gasteiger partial charge is 0.480 e. The first-order valence-corrected chi connectivity index (χ1v) is 12.6. The monoisotopic (exact) mass is 476 g/mol. The van der Waals surface area contributed by atoms with Crippen molar-refractivity contribution in [2.75, 3.05) is 13.2 Å². The molecule has 0 radical (unpaired) electrons. The smallest absolute Gasteiger partial charge is 0.408 e. The molecule has 0 aromatic heterocycles. The quantitative estimate of drug-likeness (QED) is 0.604. The predicted octanol–water partition coefficient (Wildman–Crippen LogP) is 4.69. The molecular formula is C28H32N2O5. The summed E-state index contributed by atoms with van der Waals surface area (Å²) in [5, 5.41) is 12.4. The van der Waals surface area contributed by atoms with Crippen LogP contribution in [0.3, 0.4) is 0 Å². The molecule has 0 spiro atoms. The minimum Gasteiger partial charge on any atom is -0.480 e. The number of carboxylic acid groups (broad SMARTS) is 1. The van der Waals surface area contributed by atoms with E-state index in [-0.39, 0.29) is 31.0 Å². The molecule has 7 nitrogen and oxygen atoms in total. The minimum atomic E-state index is -1.10. The predicted molar refractivity (Wildman–Crippen MR) is 131 cm³/mol. The second-order valence-electron chi connectivity index (χ2n) is 10.0. The van der Waals surface area contributed by atoms with E-state index in [4.69, 9.17) is 4.74 Å². The van der Waals surface area contributed by atoms with Crippen LogP contribution in [0.1, 0.15) is 68.4 Å². The summed E-state index contributed by atoms with van der Waals surface area (Å²) in [6.07, 6.45) is 5.57. The number of hydrogen-bond acceptors (Lipinski definition) is 4. The van der Waals surface area contributed by atoms with Gasteiger partial charge in [0.25, 0.3) is 0 Å². The molecule has 0 heterocycles. The molecule has 2 aromatic carbocycles. The second kappa shape index (κ2) is 9.72. The van der Waals surface area contributed by atoms with E-state index in [1.807, 2.05) is 24.3 Å². The molecular weight excluding hydrogens is 444 g/mol. The van der Waals surface area contributed by atoms with Gasteiger partial charge < -0.3 is 20.1 Å². The highest BCUT2D eigenvalue weighted by Crippen LogP contribution is 2.44. The van der Waals surface area contributed by atoms with Gasteiger partial charge in [0.2, 0.25) is 5.91 Å². The van der Waals surface area contributed by atoms with Crippen molar-refractivity contribution in [3.05, 3.63) is 59.7 Å². The van der Waals surface area contributed by atoms with Crippen molar-refractivity contribution in [1.82, 2.24) is 10.2 Å². The molecule has 0 bridgehead atoms. The molecule has 2 fully saturated rings. The maximum absolute atomic E-state index is 13.7. The van der Waals surface area contributed by atoms with E-state index in [9.17, 15) is 19.5 Å². The number of carboxylic acids is 1. The summed E-state index contributed by atoms with van der Waals surface area (Å²) in [5.74, 6) is -1.37. The molecule has 0 saturated heterocycles. The highest BCUT2D eigenvalue weighted by molar-refractivity contribution is 5.92. The zero-order valence-corrected chi connectivity index (χ0v) is 19.9. The Bertz CT molecular complexity index is 1070. The minimum absolute atomic E-state index is 0.0645. The number of ether oxygens (including phenoxy) is 1. The van der Waals surface area contributed by atoms with Crippen molar-refractivity contribution in [2.45, 2.75) is 68.9 Å². The molecule has 5 rings (SSSR count). The van der Waals surface area contributed by atoms with Crippen LogP contribution in [0.4, 0.5) is 4.79 Å². The van der Waals surface area contributed by atoms with Gasteiger partial charge in [-0.05, 0) is 47.9 Å². The van der Waals surface area contributed by atoms with Gasteiger partial charge in [0.1, 0.15) is 18.7 Å². The molecule has 184 valence electrons. The molecule has 0 aliphatic heterocycles. The van der Waals surface area contributed by atoms with E-state index in [1.165, 1.54) is 4.90 Å². The zero-order valence-electron chi connectivity index (χ0n) is 19.9. The van der Waals surface area contributed by atoms with Crippen LogP contribution in [0.15, 0.2) is 48.5 Å². The van der Waals surface area contributed by atoms with Crippen LogP contribution in [-0.2, 0) is 14.3 Å². The first kappa shape index (κ1) is 23.4. The lowest BCUT2D eigenvalue weighted by Gasteiger charge is -2.37. The van der Waals surface area contributed by atoms with Gasteiger partial charge in [-0.15, -0.1) is 0 Å². The highest BCUT2D eigenvalue weighted by Gasteiger charge is 2.47. The number of fused-ring (bicyclic) bond motifs is 3. The maximum Gasteiger partial charge on any atom is 0.408 e. The molecule has 35 heavy (non-hydrogen) atoms. The van der Waals surface area contributed by atoms with E-state index >= 15 is 0 Å².